The number of nitrogens with two attached hydrogens (primary N) is 1. The van der Waals surface area contributed by atoms with Crippen molar-refractivity contribution in [1.29, 1.82) is 0 Å². The summed E-state index contributed by atoms with van der Waals surface area (Å²) in [6, 6.07) is 1.85. The monoisotopic (exact) mass is 250 g/mol. The molecule has 1 aromatic heterocycles. The van der Waals surface area contributed by atoms with Crippen LogP contribution < -0.4 is 15.8 Å². The van der Waals surface area contributed by atoms with Crippen LogP contribution in [0.5, 0.6) is 5.88 Å². The Morgan fingerprint density at radius 3 is 2.72 bits per heavy atom. The van der Waals surface area contributed by atoms with Crippen LogP contribution in [0.1, 0.15) is 38.3 Å². The zero-order chi connectivity index (χ0) is 13.0. The van der Waals surface area contributed by atoms with Crippen molar-refractivity contribution in [1.82, 2.24) is 9.97 Å². The van der Waals surface area contributed by atoms with Gasteiger partial charge in [0, 0.05) is 18.3 Å². The molecule has 1 saturated carbocycles. The Hall–Kier alpha value is -1.36. The molecule has 18 heavy (non-hydrogen) atoms. The molecule has 5 heteroatoms. The smallest absolute Gasteiger partial charge is 0.226 e. The molecule has 2 rings (SSSR count). The van der Waals surface area contributed by atoms with E-state index >= 15 is 0 Å². The first kappa shape index (κ1) is 13.1. The zero-order valence-electron chi connectivity index (χ0n) is 11.2. The van der Waals surface area contributed by atoms with E-state index in [0.29, 0.717) is 25.0 Å². The molecular formula is C13H22N4O. The third-order valence-corrected chi connectivity index (χ3v) is 3.45. The van der Waals surface area contributed by atoms with Crippen LogP contribution in [-0.2, 0) is 0 Å². The SMILES string of the molecule is CCOc1cc(C)nc(NC2(CN)CCCC2)n1. The van der Waals surface area contributed by atoms with Gasteiger partial charge in [-0.25, -0.2) is 4.98 Å². The van der Waals surface area contributed by atoms with Crippen molar-refractivity contribution in [2.45, 2.75) is 45.1 Å². The number of ether oxygens (including phenoxy) is 1. The number of hydrogen-bond donors (Lipinski definition) is 2. The molecule has 0 aliphatic heterocycles. The maximum Gasteiger partial charge on any atom is 0.226 e. The highest BCUT2D eigenvalue weighted by Gasteiger charge is 2.33. The molecule has 1 aromatic rings. The second kappa shape index (κ2) is 5.52. The van der Waals surface area contributed by atoms with Gasteiger partial charge in [-0.05, 0) is 26.7 Å². The highest BCUT2D eigenvalue weighted by atomic mass is 16.5. The fraction of sp³-hybridized carbons (Fsp3) is 0.692. The van der Waals surface area contributed by atoms with E-state index in [9.17, 15) is 0 Å². The Kier molecular flexibility index (Phi) is 4.01. The van der Waals surface area contributed by atoms with Crippen LogP contribution in [0, 0.1) is 6.92 Å². The van der Waals surface area contributed by atoms with Crippen LogP contribution in [0.2, 0.25) is 0 Å². The summed E-state index contributed by atoms with van der Waals surface area (Å²) < 4.78 is 5.44. The minimum absolute atomic E-state index is 0.0305. The predicted molar refractivity (Wildman–Crippen MR) is 71.8 cm³/mol. The average molecular weight is 250 g/mol. The summed E-state index contributed by atoms with van der Waals surface area (Å²) in [7, 11) is 0. The second-order valence-electron chi connectivity index (χ2n) is 4.92. The lowest BCUT2D eigenvalue weighted by molar-refractivity contribution is 0.326. The van der Waals surface area contributed by atoms with Crippen molar-refractivity contribution in [2.24, 2.45) is 5.73 Å². The quantitative estimate of drug-likeness (QED) is 0.834. The number of anilines is 1. The molecule has 0 bridgehead atoms. The van der Waals surface area contributed by atoms with Crippen LogP contribution in [-0.4, -0.2) is 28.7 Å². The molecular weight excluding hydrogens is 228 g/mol. The van der Waals surface area contributed by atoms with Crippen molar-refractivity contribution in [3.05, 3.63) is 11.8 Å². The summed E-state index contributed by atoms with van der Waals surface area (Å²) >= 11 is 0. The number of rotatable bonds is 5. The summed E-state index contributed by atoms with van der Waals surface area (Å²) in [5.41, 5.74) is 6.78. The summed E-state index contributed by atoms with van der Waals surface area (Å²) in [6.07, 6.45) is 4.61. The maximum absolute atomic E-state index is 5.90. The molecule has 100 valence electrons. The van der Waals surface area contributed by atoms with Gasteiger partial charge >= 0.3 is 0 Å². The summed E-state index contributed by atoms with van der Waals surface area (Å²) in [4.78, 5) is 8.79. The highest BCUT2D eigenvalue weighted by Crippen LogP contribution is 2.31. The Morgan fingerprint density at radius 1 is 1.39 bits per heavy atom. The lowest BCUT2D eigenvalue weighted by Crippen LogP contribution is -2.43. The van der Waals surface area contributed by atoms with Gasteiger partial charge in [0.25, 0.3) is 0 Å². The van der Waals surface area contributed by atoms with Gasteiger partial charge in [0.15, 0.2) is 0 Å². The van der Waals surface area contributed by atoms with Crippen LogP contribution in [0.25, 0.3) is 0 Å². The van der Waals surface area contributed by atoms with Crippen molar-refractivity contribution in [2.75, 3.05) is 18.5 Å². The van der Waals surface area contributed by atoms with E-state index in [4.69, 9.17) is 10.5 Å². The summed E-state index contributed by atoms with van der Waals surface area (Å²) in [6.45, 7) is 5.12. The largest absolute Gasteiger partial charge is 0.478 e. The molecule has 0 aromatic carbocycles. The number of aryl methyl sites for hydroxylation is 1. The van der Waals surface area contributed by atoms with Gasteiger partial charge in [0.05, 0.1) is 12.1 Å². The van der Waals surface area contributed by atoms with Crippen LogP contribution in [0.4, 0.5) is 5.95 Å². The number of hydrogen-bond acceptors (Lipinski definition) is 5. The van der Waals surface area contributed by atoms with E-state index in [1.54, 1.807) is 0 Å². The van der Waals surface area contributed by atoms with E-state index in [1.165, 1.54) is 12.8 Å². The fourth-order valence-electron chi connectivity index (χ4n) is 2.49. The molecule has 3 N–H and O–H groups in total. The molecule has 0 amide bonds. The second-order valence-corrected chi connectivity index (χ2v) is 4.92. The van der Waals surface area contributed by atoms with E-state index in [1.807, 2.05) is 19.9 Å². The van der Waals surface area contributed by atoms with Gasteiger partial charge < -0.3 is 15.8 Å². The number of aromatic nitrogens is 2. The molecule has 0 radical (unpaired) electrons. The van der Waals surface area contributed by atoms with Gasteiger partial charge in [-0.3, -0.25) is 0 Å². The van der Waals surface area contributed by atoms with Gasteiger partial charge in [-0.2, -0.15) is 4.98 Å². The fourth-order valence-corrected chi connectivity index (χ4v) is 2.49. The third-order valence-electron chi connectivity index (χ3n) is 3.45. The first-order valence-corrected chi connectivity index (χ1v) is 6.64. The number of nitrogens with one attached hydrogen (secondary N) is 1. The van der Waals surface area contributed by atoms with Gasteiger partial charge in [0.2, 0.25) is 11.8 Å². The Morgan fingerprint density at radius 2 is 2.11 bits per heavy atom. The van der Waals surface area contributed by atoms with E-state index < -0.39 is 0 Å². The molecule has 0 unspecified atom stereocenters. The van der Waals surface area contributed by atoms with Crippen molar-refractivity contribution >= 4 is 5.95 Å². The Labute approximate surface area is 108 Å². The van der Waals surface area contributed by atoms with Crippen molar-refractivity contribution in [3.63, 3.8) is 0 Å². The minimum Gasteiger partial charge on any atom is -0.478 e. The number of nitrogens with zero attached hydrogens (tertiary/aromatic N) is 2. The van der Waals surface area contributed by atoms with E-state index in [-0.39, 0.29) is 5.54 Å². The standard InChI is InChI=1S/C13H22N4O/c1-3-18-11-8-10(2)15-12(16-11)17-13(9-14)6-4-5-7-13/h8H,3-7,9,14H2,1-2H3,(H,15,16,17). The third kappa shape index (κ3) is 2.90. The molecule has 0 saturated heterocycles. The molecule has 0 spiro atoms. The normalized spacial score (nSPS) is 17.7. The molecule has 5 nitrogen and oxygen atoms in total. The molecule has 1 aliphatic rings. The van der Waals surface area contributed by atoms with Gasteiger partial charge in [0.1, 0.15) is 0 Å². The van der Waals surface area contributed by atoms with Crippen LogP contribution in [0.15, 0.2) is 6.07 Å². The van der Waals surface area contributed by atoms with Crippen LogP contribution >= 0.6 is 0 Å². The Bertz CT molecular complexity index is 402. The topological polar surface area (TPSA) is 73.1 Å². The lowest BCUT2D eigenvalue weighted by atomic mass is 9.98. The van der Waals surface area contributed by atoms with E-state index in [2.05, 4.69) is 15.3 Å². The molecule has 1 fully saturated rings. The maximum atomic E-state index is 5.90. The molecule has 1 aliphatic carbocycles. The first-order chi connectivity index (χ1) is 8.67. The average Bonchev–Trinajstić information content (AvgIpc) is 2.78. The van der Waals surface area contributed by atoms with E-state index in [0.717, 1.165) is 18.5 Å². The zero-order valence-corrected chi connectivity index (χ0v) is 11.2. The summed E-state index contributed by atoms with van der Waals surface area (Å²) in [5, 5.41) is 3.42. The lowest BCUT2D eigenvalue weighted by Gasteiger charge is -2.28. The highest BCUT2D eigenvalue weighted by molar-refractivity contribution is 5.34. The molecule has 1 heterocycles. The van der Waals surface area contributed by atoms with Crippen LogP contribution in [0.3, 0.4) is 0 Å². The first-order valence-electron chi connectivity index (χ1n) is 6.64. The predicted octanol–water partition coefficient (Wildman–Crippen LogP) is 1.87. The minimum atomic E-state index is -0.0305. The van der Waals surface area contributed by atoms with Crippen molar-refractivity contribution in [3.8, 4) is 5.88 Å². The van der Waals surface area contributed by atoms with Gasteiger partial charge in [-0.15, -0.1) is 0 Å². The summed E-state index contributed by atoms with van der Waals surface area (Å²) in [5.74, 6) is 1.25. The molecule has 0 atom stereocenters. The van der Waals surface area contributed by atoms with Crippen molar-refractivity contribution < 1.29 is 4.74 Å². The Balaban J connectivity index is 2.17. The van der Waals surface area contributed by atoms with Gasteiger partial charge in [-0.1, -0.05) is 12.8 Å².